The highest BCUT2D eigenvalue weighted by Gasteiger charge is 2.56. The van der Waals surface area contributed by atoms with Crippen molar-refractivity contribution in [3.05, 3.63) is 70.8 Å². The van der Waals surface area contributed by atoms with Gasteiger partial charge in [0.25, 0.3) is 0 Å². The number of carbonyl (C=O) groups excluding carboxylic acids is 1. The smallest absolute Gasteiger partial charge is 0.165 e. The van der Waals surface area contributed by atoms with E-state index in [0.29, 0.717) is 29.2 Å². The van der Waals surface area contributed by atoms with Crippen LogP contribution in [0.5, 0.6) is 5.75 Å². The van der Waals surface area contributed by atoms with E-state index in [1.54, 1.807) is 7.11 Å². The second-order valence-corrected chi connectivity index (χ2v) is 9.53. The summed E-state index contributed by atoms with van der Waals surface area (Å²) in [5.74, 6) is 9.05. The number of Topliss-reactive ketones (excluding diaryl/α,β-unsaturated/α-hetero) is 1. The zero-order valence-corrected chi connectivity index (χ0v) is 18.3. The van der Waals surface area contributed by atoms with Gasteiger partial charge in [0.05, 0.1) is 7.11 Å². The van der Waals surface area contributed by atoms with E-state index in [1.165, 1.54) is 11.1 Å². The van der Waals surface area contributed by atoms with Crippen LogP contribution in [-0.2, 0) is 11.2 Å². The summed E-state index contributed by atoms with van der Waals surface area (Å²) in [4.78, 5) is 13.4. The number of hydrogen-bond donors (Lipinski definition) is 1. The molecule has 0 amide bonds. The molecule has 31 heavy (non-hydrogen) atoms. The molecule has 2 aromatic rings. The van der Waals surface area contributed by atoms with Crippen molar-refractivity contribution in [3.8, 4) is 17.6 Å². The fourth-order valence-corrected chi connectivity index (χ4v) is 6.31. The summed E-state index contributed by atoms with van der Waals surface area (Å²) in [5.41, 5.74) is 11.0. The molecule has 2 aromatic carbocycles. The standard InChI is InChI=1S/C28H29NO2/c1-28-14-13-24-23-12-10-22(31-2)16-19(23)9-11-25(24)26(28)17-20(27(28)30)7-3-5-18-6-4-8-21(29)15-18/h4,6-8,10,12,15-16,24-26H,9,11,13-14,17,29H2,1-2H3/b20-7+/t24-,25-,26+,28-/m1/s1. The van der Waals surface area contributed by atoms with Gasteiger partial charge in [-0.1, -0.05) is 30.9 Å². The van der Waals surface area contributed by atoms with Gasteiger partial charge in [-0.15, -0.1) is 0 Å². The molecule has 3 heteroatoms. The summed E-state index contributed by atoms with van der Waals surface area (Å²) in [6.07, 6.45) is 7.00. The maximum atomic E-state index is 13.4. The van der Waals surface area contributed by atoms with Crippen molar-refractivity contribution in [3.63, 3.8) is 0 Å². The number of allylic oxidation sites excluding steroid dienone is 2. The molecule has 2 fully saturated rings. The number of carbonyl (C=O) groups is 1. The Balaban J connectivity index is 1.41. The first-order valence-corrected chi connectivity index (χ1v) is 11.3. The fraction of sp³-hybridized carbons (Fsp3) is 0.393. The predicted molar refractivity (Wildman–Crippen MR) is 124 cm³/mol. The monoisotopic (exact) mass is 411 g/mol. The Bertz CT molecular complexity index is 1140. The molecule has 2 N–H and O–H groups in total. The van der Waals surface area contributed by atoms with Gasteiger partial charge in [-0.2, -0.15) is 0 Å². The highest BCUT2D eigenvalue weighted by Crippen LogP contribution is 2.60. The van der Waals surface area contributed by atoms with Crippen molar-refractivity contribution < 1.29 is 9.53 Å². The Labute approximate surface area is 184 Å². The Kier molecular flexibility index (Phi) is 4.89. The van der Waals surface area contributed by atoms with Gasteiger partial charge >= 0.3 is 0 Å². The third-order valence-corrected chi connectivity index (χ3v) is 7.92. The number of nitrogen functional groups attached to an aromatic ring is 1. The van der Waals surface area contributed by atoms with E-state index in [9.17, 15) is 4.79 Å². The number of aryl methyl sites for hydroxylation is 1. The molecule has 0 spiro atoms. The van der Waals surface area contributed by atoms with E-state index in [0.717, 1.165) is 49.0 Å². The molecule has 3 nitrogen and oxygen atoms in total. The minimum atomic E-state index is -0.240. The largest absolute Gasteiger partial charge is 0.497 e. The first kappa shape index (κ1) is 19.9. The van der Waals surface area contributed by atoms with E-state index in [2.05, 4.69) is 37.0 Å². The molecule has 4 atom stereocenters. The summed E-state index contributed by atoms with van der Waals surface area (Å²) in [7, 11) is 1.73. The lowest BCUT2D eigenvalue weighted by molar-refractivity contribution is -0.127. The van der Waals surface area contributed by atoms with Gasteiger partial charge in [0.1, 0.15) is 5.75 Å². The van der Waals surface area contributed by atoms with Crippen molar-refractivity contribution in [1.82, 2.24) is 0 Å². The summed E-state index contributed by atoms with van der Waals surface area (Å²) in [6, 6.07) is 14.1. The lowest BCUT2D eigenvalue weighted by Gasteiger charge is -2.48. The van der Waals surface area contributed by atoms with E-state index in [-0.39, 0.29) is 5.41 Å². The molecule has 0 unspecified atom stereocenters. The minimum Gasteiger partial charge on any atom is -0.497 e. The number of ether oxygens (including phenoxy) is 1. The zero-order chi connectivity index (χ0) is 21.6. The molecule has 0 heterocycles. The van der Waals surface area contributed by atoms with Crippen molar-refractivity contribution in [2.75, 3.05) is 12.8 Å². The second-order valence-electron chi connectivity index (χ2n) is 9.53. The normalized spacial score (nSPS) is 30.1. The predicted octanol–water partition coefficient (Wildman–Crippen LogP) is 5.29. The first-order chi connectivity index (χ1) is 15.0. The van der Waals surface area contributed by atoms with Crippen LogP contribution in [0.4, 0.5) is 5.69 Å². The zero-order valence-electron chi connectivity index (χ0n) is 18.3. The Morgan fingerprint density at radius 1 is 1.19 bits per heavy atom. The second kappa shape index (κ2) is 7.61. The van der Waals surface area contributed by atoms with Crippen molar-refractivity contribution in [1.29, 1.82) is 0 Å². The van der Waals surface area contributed by atoms with Crippen molar-refractivity contribution >= 4 is 11.5 Å². The molecule has 0 aliphatic heterocycles. The van der Waals surface area contributed by atoms with Crippen LogP contribution in [0, 0.1) is 29.1 Å². The molecule has 0 radical (unpaired) electrons. The summed E-state index contributed by atoms with van der Waals surface area (Å²) < 4.78 is 5.43. The fourth-order valence-electron chi connectivity index (χ4n) is 6.31. The topological polar surface area (TPSA) is 52.3 Å². The van der Waals surface area contributed by atoms with E-state index < -0.39 is 0 Å². The van der Waals surface area contributed by atoms with E-state index >= 15 is 0 Å². The van der Waals surface area contributed by atoms with Gasteiger partial charge in [0.15, 0.2) is 5.78 Å². The quantitative estimate of drug-likeness (QED) is 0.394. The SMILES string of the molecule is COc1ccc2c(c1)CC[C@@H]1[C@@H]2CC[C@@]2(C)C(=O)/C(=C/C#Cc3cccc(N)c3)C[C@@H]12. The lowest BCUT2D eigenvalue weighted by atomic mass is 9.55. The van der Waals surface area contributed by atoms with Gasteiger partial charge in [-0.05, 0) is 97.4 Å². The van der Waals surface area contributed by atoms with Crippen LogP contribution in [0.15, 0.2) is 54.1 Å². The Hall–Kier alpha value is -2.99. The highest BCUT2D eigenvalue weighted by molar-refractivity contribution is 6.03. The van der Waals surface area contributed by atoms with E-state index in [1.807, 2.05) is 30.3 Å². The average molecular weight is 412 g/mol. The van der Waals surface area contributed by atoms with Gasteiger partial charge < -0.3 is 10.5 Å². The third kappa shape index (κ3) is 3.35. The molecule has 2 saturated carbocycles. The number of ketones is 1. The van der Waals surface area contributed by atoms with Crippen LogP contribution in [-0.4, -0.2) is 12.9 Å². The summed E-state index contributed by atoms with van der Waals surface area (Å²) >= 11 is 0. The number of fused-ring (bicyclic) bond motifs is 5. The molecule has 5 rings (SSSR count). The van der Waals surface area contributed by atoms with Crippen LogP contribution in [0.1, 0.15) is 55.2 Å². The lowest BCUT2D eigenvalue weighted by Crippen LogP contribution is -2.42. The number of benzene rings is 2. The summed E-state index contributed by atoms with van der Waals surface area (Å²) in [6.45, 7) is 2.20. The van der Waals surface area contributed by atoms with Crippen LogP contribution in [0.2, 0.25) is 0 Å². The first-order valence-electron chi connectivity index (χ1n) is 11.3. The number of methoxy groups -OCH3 is 1. The average Bonchev–Trinajstić information content (AvgIpc) is 3.04. The number of nitrogens with two attached hydrogens (primary N) is 1. The molecule has 158 valence electrons. The number of hydrogen-bond acceptors (Lipinski definition) is 3. The highest BCUT2D eigenvalue weighted by atomic mass is 16.5. The van der Waals surface area contributed by atoms with Gasteiger partial charge in [-0.25, -0.2) is 0 Å². The molecular formula is C28H29NO2. The van der Waals surface area contributed by atoms with Gasteiger partial charge in [-0.3, -0.25) is 4.79 Å². The maximum absolute atomic E-state index is 13.4. The van der Waals surface area contributed by atoms with Crippen molar-refractivity contribution in [2.45, 2.75) is 44.9 Å². The van der Waals surface area contributed by atoms with Crippen LogP contribution in [0.3, 0.4) is 0 Å². The maximum Gasteiger partial charge on any atom is 0.165 e. The molecular weight excluding hydrogens is 382 g/mol. The van der Waals surface area contributed by atoms with Gasteiger partial charge in [0.2, 0.25) is 0 Å². The molecule has 3 aliphatic rings. The molecule has 3 aliphatic carbocycles. The summed E-state index contributed by atoms with van der Waals surface area (Å²) in [5, 5.41) is 0. The molecule has 0 aromatic heterocycles. The van der Waals surface area contributed by atoms with Crippen LogP contribution >= 0.6 is 0 Å². The van der Waals surface area contributed by atoms with Crippen molar-refractivity contribution in [2.24, 2.45) is 17.3 Å². The Morgan fingerprint density at radius 3 is 2.87 bits per heavy atom. The Morgan fingerprint density at radius 2 is 2.06 bits per heavy atom. The number of anilines is 1. The molecule has 0 saturated heterocycles. The van der Waals surface area contributed by atoms with Gasteiger partial charge in [0, 0.05) is 22.2 Å². The molecule has 0 bridgehead atoms. The third-order valence-electron chi connectivity index (χ3n) is 7.92. The number of rotatable bonds is 1. The van der Waals surface area contributed by atoms with E-state index in [4.69, 9.17) is 10.5 Å². The minimum absolute atomic E-state index is 0.240. The van der Waals surface area contributed by atoms with Crippen LogP contribution in [0.25, 0.3) is 0 Å². The van der Waals surface area contributed by atoms with Crippen LogP contribution < -0.4 is 10.5 Å².